The van der Waals surface area contributed by atoms with Crippen LogP contribution < -0.4 is 4.57 Å². The van der Waals surface area contributed by atoms with Gasteiger partial charge in [-0.05, 0) is 41.2 Å². The van der Waals surface area contributed by atoms with Crippen LogP contribution >= 0.6 is 0 Å². The first-order valence-corrected chi connectivity index (χ1v) is 8.53. The summed E-state index contributed by atoms with van der Waals surface area (Å²) in [5.41, 5.74) is 7.89. The standard InChI is InChI=1S/C23H26N/c1-17-11-13-20(23(2,3)4)15-21(17)22-14-12-19(16-24(22)5)18-9-7-6-8-10-18/h6-16H,1-5H3/q+1. The quantitative estimate of drug-likeness (QED) is 0.553. The van der Waals surface area contributed by atoms with Crippen LogP contribution in [0.15, 0.2) is 66.9 Å². The monoisotopic (exact) mass is 316 g/mol. The second-order valence-corrected chi connectivity index (χ2v) is 7.56. The molecular weight excluding hydrogens is 290 g/mol. The lowest BCUT2D eigenvalue weighted by Gasteiger charge is -2.20. The molecule has 0 saturated heterocycles. The molecule has 0 amide bonds. The molecule has 0 aliphatic carbocycles. The predicted molar refractivity (Wildman–Crippen MR) is 102 cm³/mol. The molecule has 0 bridgehead atoms. The summed E-state index contributed by atoms with van der Waals surface area (Å²) in [7, 11) is 2.13. The zero-order chi connectivity index (χ0) is 17.3. The van der Waals surface area contributed by atoms with Crippen LogP contribution in [0.2, 0.25) is 0 Å². The highest BCUT2D eigenvalue weighted by molar-refractivity contribution is 5.66. The molecular formula is C23H26N+. The Kier molecular flexibility index (Phi) is 4.28. The Morgan fingerprint density at radius 2 is 1.50 bits per heavy atom. The maximum Gasteiger partial charge on any atom is 0.212 e. The van der Waals surface area contributed by atoms with Crippen LogP contribution in [0.1, 0.15) is 31.9 Å². The van der Waals surface area contributed by atoms with Gasteiger partial charge in [-0.3, -0.25) is 0 Å². The third-order valence-electron chi connectivity index (χ3n) is 4.62. The highest BCUT2D eigenvalue weighted by atomic mass is 14.9. The summed E-state index contributed by atoms with van der Waals surface area (Å²) in [5, 5.41) is 0. The van der Waals surface area contributed by atoms with Crippen LogP contribution in [0, 0.1) is 6.92 Å². The molecule has 24 heavy (non-hydrogen) atoms. The van der Waals surface area contributed by atoms with Crippen molar-refractivity contribution in [2.75, 3.05) is 0 Å². The number of hydrogen-bond donors (Lipinski definition) is 0. The number of nitrogens with zero attached hydrogens (tertiary/aromatic N) is 1. The van der Waals surface area contributed by atoms with E-state index in [4.69, 9.17) is 0 Å². The average Bonchev–Trinajstić information content (AvgIpc) is 2.55. The predicted octanol–water partition coefficient (Wildman–Crippen LogP) is 5.45. The molecule has 0 fully saturated rings. The largest absolute Gasteiger partial charge is 0.212 e. The molecule has 0 radical (unpaired) electrons. The number of hydrogen-bond acceptors (Lipinski definition) is 0. The second-order valence-electron chi connectivity index (χ2n) is 7.56. The van der Waals surface area contributed by atoms with Gasteiger partial charge in [-0.1, -0.05) is 63.2 Å². The Balaban J connectivity index is 2.08. The first-order valence-electron chi connectivity index (χ1n) is 8.53. The van der Waals surface area contributed by atoms with Gasteiger partial charge in [-0.25, -0.2) is 4.57 Å². The van der Waals surface area contributed by atoms with Gasteiger partial charge in [0, 0.05) is 17.2 Å². The Morgan fingerprint density at radius 1 is 0.792 bits per heavy atom. The van der Waals surface area contributed by atoms with Gasteiger partial charge < -0.3 is 0 Å². The molecule has 1 heteroatoms. The molecule has 0 aliphatic rings. The molecule has 0 atom stereocenters. The lowest BCUT2D eigenvalue weighted by Crippen LogP contribution is -2.31. The minimum absolute atomic E-state index is 0.158. The Morgan fingerprint density at radius 3 is 2.12 bits per heavy atom. The third-order valence-corrected chi connectivity index (χ3v) is 4.62. The van der Waals surface area contributed by atoms with Crippen LogP contribution in [-0.4, -0.2) is 0 Å². The van der Waals surface area contributed by atoms with Gasteiger partial charge in [0.2, 0.25) is 5.69 Å². The van der Waals surface area contributed by atoms with E-state index in [0.717, 1.165) is 0 Å². The summed E-state index contributed by atoms with van der Waals surface area (Å²) in [6.45, 7) is 8.98. The summed E-state index contributed by atoms with van der Waals surface area (Å²) in [6, 6.07) is 21.8. The van der Waals surface area contributed by atoms with Gasteiger partial charge in [0.15, 0.2) is 6.20 Å². The van der Waals surface area contributed by atoms with Gasteiger partial charge in [-0.2, -0.15) is 0 Å². The number of aryl methyl sites for hydroxylation is 2. The molecule has 1 aromatic heterocycles. The molecule has 122 valence electrons. The summed E-state index contributed by atoms with van der Waals surface area (Å²) < 4.78 is 2.23. The van der Waals surface area contributed by atoms with Gasteiger partial charge in [0.25, 0.3) is 0 Å². The molecule has 3 rings (SSSR count). The molecule has 0 unspecified atom stereocenters. The van der Waals surface area contributed by atoms with Gasteiger partial charge in [0.05, 0.1) is 0 Å². The fraction of sp³-hybridized carbons (Fsp3) is 0.261. The van der Waals surface area contributed by atoms with E-state index in [0.29, 0.717) is 0 Å². The van der Waals surface area contributed by atoms with Crippen molar-refractivity contribution in [3.63, 3.8) is 0 Å². The number of benzene rings is 2. The van der Waals surface area contributed by atoms with Crippen molar-refractivity contribution in [1.29, 1.82) is 0 Å². The van der Waals surface area contributed by atoms with Crippen molar-refractivity contribution in [2.24, 2.45) is 7.05 Å². The summed E-state index contributed by atoms with van der Waals surface area (Å²) >= 11 is 0. The molecule has 0 saturated carbocycles. The first kappa shape index (κ1) is 16.4. The number of pyridine rings is 1. The van der Waals surface area contributed by atoms with Crippen molar-refractivity contribution in [3.05, 3.63) is 78.0 Å². The average molecular weight is 316 g/mol. The lowest BCUT2D eigenvalue weighted by molar-refractivity contribution is -0.659. The topological polar surface area (TPSA) is 3.88 Å². The summed E-state index contributed by atoms with van der Waals surface area (Å²) in [5.74, 6) is 0. The van der Waals surface area contributed by atoms with Gasteiger partial charge >= 0.3 is 0 Å². The van der Waals surface area contributed by atoms with Crippen LogP contribution in [0.3, 0.4) is 0 Å². The van der Waals surface area contributed by atoms with E-state index in [-0.39, 0.29) is 5.41 Å². The van der Waals surface area contributed by atoms with E-state index in [1.54, 1.807) is 0 Å². The van der Waals surface area contributed by atoms with E-state index in [9.17, 15) is 0 Å². The lowest BCUT2D eigenvalue weighted by atomic mass is 9.85. The molecule has 2 aromatic carbocycles. The van der Waals surface area contributed by atoms with E-state index in [2.05, 4.69) is 106 Å². The number of rotatable bonds is 2. The molecule has 1 nitrogen and oxygen atoms in total. The van der Waals surface area contributed by atoms with E-state index >= 15 is 0 Å². The van der Waals surface area contributed by atoms with Crippen LogP contribution in [-0.2, 0) is 12.5 Å². The summed E-state index contributed by atoms with van der Waals surface area (Å²) in [6.07, 6.45) is 2.22. The minimum atomic E-state index is 0.158. The number of aromatic nitrogens is 1. The normalized spacial score (nSPS) is 11.5. The van der Waals surface area contributed by atoms with Crippen molar-refractivity contribution >= 4 is 0 Å². The van der Waals surface area contributed by atoms with E-state index < -0.39 is 0 Å². The fourth-order valence-corrected chi connectivity index (χ4v) is 3.05. The SMILES string of the molecule is Cc1ccc(C(C)(C)C)cc1-c1ccc(-c2ccccc2)c[n+]1C. The second kappa shape index (κ2) is 6.24. The highest BCUT2D eigenvalue weighted by Crippen LogP contribution is 2.29. The molecule has 3 aromatic rings. The van der Waals surface area contributed by atoms with E-state index in [1.807, 2.05) is 0 Å². The van der Waals surface area contributed by atoms with Crippen molar-refractivity contribution in [2.45, 2.75) is 33.1 Å². The highest BCUT2D eigenvalue weighted by Gasteiger charge is 2.19. The Hall–Kier alpha value is -2.41. The fourth-order valence-electron chi connectivity index (χ4n) is 3.05. The zero-order valence-corrected chi connectivity index (χ0v) is 15.3. The Labute approximate surface area is 145 Å². The van der Waals surface area contributed by atoms with Crippen LogP contribution in [0.5, 0.6) is 0 Å². The smallest absolute Gasteiger partial charge is 0.200 e. The third kappa shape index (κ3) is 3.26. The summed E-state index contributed by atoms with van der Waals surface area (Å²) in [4.78, 5) is 0. The van der Waals surface area contributed by atoms with Crippen LogP contribution in [0.4, 0.5) is 0 Å². The Bertz CT molecular complexity index is 855. The van der Waals surface area contributed by atoms with Gasteiger partial charge in [-0.15, -0.1) is 0 Å². The molecule has 0 spiro atoms. The van der Waals surface area contributed by atoms with Gasteiger partial charge in [0.1, 0.15) is 7.05 Å². The van der Waals surface area contributed by atoms with Crippen molar-refractivity contribution in [1.82, 2.24) is 0 Å². The molecule has 0 N–H and O–H groups in total. The van der Waals surface area contributed by atoms with Crippen molar-refractivity contribution < 1.29 is 4.57 Å². The maximum absolute atomic E-state index is 2.34. The maximum atomic E-state index is 2.34. The van der Waals surface area contributed by atoms with E-state index in [1.165, 1.54) is 33.5 Å². The zero-order valence-electron chi connectivity index (χ0n) is 15.3. The van der Waals surface area contributed by atoms with Crippen LogP contribution in [0.25, 0.3) is 22.4 Å². The molecule has 1 heterocycles. The minimum Gasteiger partial charge on any atom is -0.200 e. The van der Waals surface area contributed by atoms with Crippen molar-refractivity contribution in [3.8, 4) is 22.4 Å². The molecule has 0 aliphatic heterocycles. The first-order chi connectivity index (χ1) is 11.4.